The standard InChI is InChI=1S/C31H30Br2N2O/c32-30(15-17-34-27(19-30)25-13-5-9-21-7-1-3-11-23(21)25)29(36)31(33)16-18-35-28(20-31)26-14-6-10-22-8-2-4-12-24(22)26/h1-14,27-28,34-35H,15-20H2. The van der Waals surface area contributed by atoms with Crippen molar-refractivity contribution in [2.75, 3.05) is 13.1 Å². The second-order valence-corrected chi connectivity index (χ2v) is 13.4. The quantitative estimate of drug-likeness (QED) is 0.239. The van der Waals surface area contributed by atoms with E-state index in [-0.39, 0.29) is 17.9 Å². The van der Waals surface area contributed by atoms with Gasteiger partial charge in [0, 0.05) is 12.1 Å². The van der Waals surface area contributed by atoms with Crippen LogP contribution in [0, 0.1) is 0 Å². The van der Waals surface area contributed by atoms with Gasteiger partial charge in [-0.1, -0.05) is 117 Å². The Labute approximate surface area is 229 Å². The van der Waals surface area contributed by atoms with E-state index in [0.717, 1.165) is 38.8 Å². The van der Waals surface area contributed by atoms with E-state index in [9.17, 15) is 4.79 Å². The van der Waals surface area contributed by atoms with Gasteiger partial charge in [-0.15, -0.1) is 0 Å². The minimum Gasteiger partial charge on any atom is -0.310 e. The lowest BCUT2D eigenvalue weighted by atomic mass is 9.76. The number of hydrogen-bond donors (Lipinski definition) is 2. The Morgan fingerprint density at radius 3 is 1.53 bits per heavy atom. The summed E-state index contributed by atoms with van der Waals surface area (Å²) < 4.78 is -1.13. The molecule has 5 heteroatoms. The van der Waals surface area contributed by atoms with E-state index in [1.165, 1.54) is 32.7 Å². The number of carbonyl (C=O) groups is 1. The van der Waals surface area contributed by atoms with Gasteiger partial charge in [-0.3, -0.25) is 4.79 Å². The van der Waals surface area contributed by atoms with E-state index in [4.69, 9.17) is 0 Å². The highest BCUT2D eigenvalue weighted by Crippen LogP contribution is 2.48. The number of nitrogens with one attached hydrogen (secondary N) is 2. The maximum Gasteiger partial charge on any atom is 0.166 e. The Morgan fingerprint density at radius 1 is 0.639 bits per heavy atom. The molecule has 184 valence electrons. The van der Waals surface area contributed by atoms with Crippen molar-refractivity contribution in [2.24, 2.45) is 0 Å². The maximum absolute atomic E-state index is 14.3. The summed E-state index contributed by atoms with van der Waals surface area (Å²) in [5.74, 6) is 0.286. The largest absolute Gasteiger partial charge is 0.310 e. The zero-order valence-electron chi connectivity index (χ0n) is 20.1. The van der Waals surface area contributed by atoms with Crippen molar-refractivity contribution >= 4 is 59.2 Å². The number of Topliss-reactive ketones (excluding diaryl/α,β-unsaturated/α-hetero) is 1. The molecule has 2 aliphatic heterocycles. The molecule has 2 fully saturated rings. The van der Waals surface area contributed by atoms with Gasteiger partial charge in [-0.2, -0.15) is 0 Å². The van der Waals surface area contributed by atoms with Crippen molar-refractivity contribution in [1.29, 1.82) is 0 Å². The Hall–Kier alpha value is -2.05. The monoisotopic (exact) mass is 604 g/mol. The third-order valence-corrected chi connectivity index (χ3v) is 10.3. The molecule has 4 unspecified atom stereocenters. The number of piperidine rings is 2. The third-order valence-electron chi connectivity index (χ3n) is 8.09. The molecule has 0 bridgehead atoms. The van der Waals surface area contributed by atoms with E-state index < -0.39 is 8.65 Å². The summed E-state index contributed by atoms with van der Waals surface area (Å²) in [6, 6.07) is 30.3. The van der Waals surface area contributed by atoms with Crippen LogP contribution < -0.4 is 10.6 Å². The van der Waals surface area contributed by atoms with Crippen molar-refractivity contribution in [1.82, 2.24) is 10.6 Å². The Morgan fingerprint density at radius 2 is 1.06 bits per heavy atom. The minimum atomic E-state index is -0.565. The number of ketones is 1. The molecule has 6 rings (SSSR count). The summed E-state index contributed by atoms with van der Waals surface area (Å²) >= 11 is 8.02. The van der Waals surface area contributed by atoms with Crippen molar-refractivity contribution in [3.63, 3.8) is 0 Å². The van der Waals surface area contributed by atoms with Crippen LogP contribution in [-0.4, -0.2) is 27.5 Å². The van der Waals surface area contributed by atoms with Crippen LogP contribution in [0.5, 0.6) is 0 Å². The molecule has 2 N–H and O–H groups in total. The topological polar surface area (TPSA) is 41.1 Å². The first-order valence-electron chi connectivity index (χ1n) is 12.8. The van der Waals surface area contributed by atoms with Crippen LogP contribution in [0.3, 0.4) is 0 Å². The summed E-state index contributed by atoms with van der Waals surface area (Å²) in [5, 5.41) is 12.4. The smallest absolute Gasteiger partial charge is 0.166 e. The van der Waals surface area contributed by atoms with Gasteiger partial charge < -0.3 is 10.6 Å². The fourth-order valence-corrected chi connectivity index (χ4v) is 8.32. The van der Waals surface area contributed by atoms with E-state index in [1.807, 2.05) is 0 Å². The van der Waals surface area contributed by atoms with E-state index >= 15 is 0 Å². The fourth-order valence-electron chi connectivity index (χ4n) is 6.25. The molecule has 2 heterocycles. The normalized spacial score (nSPS) is 28.8. The SMILES string of the molecule is O=C(C1(Br)CCNC(c2cccc3ccccc23)C1)C1(Br)CCNC(c2cccc3ccccc23)C1. The van der Waals surface area contributed by atoms with Gasteiger partial charge in [-0.25, -0.2) is 0 Å². The zero-order valence-corrected chi connectivity index (χ0v) is 23.3. The number of benzene rings is 4. The van der Waals surface area contributed by atoms with E-state index in [2.05, 4.69) is 127 Å². The summed E-state index contributed by atoms with van der Waals surface area (Å²) in [6.07, 6.45) is 3.04. The Kier molecular flexibility index (Phi) is 6.53. The first kappa shape index (κ1) is 24.3. The highest BCUT2D eigenvalue weighted by molar-refractivity contribution is 9.11. The molecular weight excluding hydrogens is 576 g/mol. The summed E-state index contributed by atoms with van der Waals surface area (Å²) in [7, 11) is 0. The first-order valence-corrected chi connectivity index (χ1v) is 14.4. The third kappa shape index (κ3) is 4.34. The maximum atomic E-state index is 14.3. The average Bonchev–Trinajstić information content (AvgIpc) is 2.92. The molecular formula is C31H30Br2N2O. The summed E-state index contributed by atoms with van der Waals surface area (Å²) in [4.78, 5) is 14.3. The van der Waals surface area contributed by atoms with Gasteiger partial charge in [0.15, 0.2) is 5.78 Å². The second-order valence-electron chi connectivity index (χ2n) is 10.3. The second kappa shape index (κ2) is 9.68. The molecule has 4 atom stereocenters. The molecule has 0 amide bonds. The Balaban J connectivity index is 1.28. The number of fused-ring (bicyclic) bond motifs is 2. The van der Waals surface area contributed by atoms with Gasteiger partial charge in [0.25, 0.3) is 0 Å². The van der Waals surface area contributed by atoms with Crippen molar-refractivity contribution in [3.8, 4) is 0 Å². The van der Waals surface area contributed by atoms with Gasteiger partial charge in [0.05, 0.1) is 8.65 Å². The lowest BCUT2D eigenvalue weighted by Gasteiger charge is -2.44. The Bertz CT molecular complexity index is 1320. The van der Waals surface area contributed by atoms with Crippen LogP contribution in [0.1, 0.15) is 48.9 Å². The molecule has 3 nitrogen and oxygen atoms in total. The molecule has 4 aromatic rings. The molecule has 0 radical (unpaired) electrons. The lowest BCUT2D eigenvalue weighted by molar-refractivity contribution is -0.125. The van der Waals surface area contributed by atoms with Gasteiger partial charge in [0.2, 0.25) is 0 Å². The van der Waals surface area contributed by atoms with Crippen molar-refractivity contribution < 1.29 is 4.79 Å². The molecule has 2 aliphatic rings. The molecule has 0 saturated carbocycles. The van der Waals surface area contributed by atoms with Crippen LogP contribution in [0.25, 0.3) is 21.5 Å². The highest BCUT2D eigenvalue weighted by Gasteiger charge is 2.51. The van der Waals surface area contributed by atoms with E-state index in [0.29, 0.717) is 0 Å². The van der Waals surface area contributed by atoms with Gasteiger partial charge >= 0.3 is 0 Å². The van der Waals surface area contributed by atoms with Crippen LogP contribution in [0.15, 0.2) is 84.9 Å². The van der Waals surface area contributed by atoms with Crippen LogP contribution in [0.4, 0.5) is 0 Å². The van der Waals surface area contributed by atoms with Crippen molar-refractivity contribution in [2.45, 2.75) is 46.4 Å². The molecule has 4 aromatic carbocycles. The number of rotatable bonds is 4. The van der Waals surface area contributed by atoms with E-state index in [1.54, 1.807) is 0 Å². The molecule has 0 aromatic heterocycles. The van der Waals surface area contributed by atoms with Crippen LogP contribution in [-0.2, 0) is 4.79 Å². The fraction of sp³-hybridized carbons (Fsp3) is 0.323. The van der Waals surface area contributed by atoms with Gasteiger partial charge in [0.1, 0.15) is 0 Å². The molecule has 0 spiro atoms. The number of alkyl halides is 2. The van der Waals surface area contributed by atoms with Crippen LogP contribution >= 0.6 is 31.9 Å². The summed E-state index contributed by atoms with van der Waals surface area (Å²) in [5.41, 5.74) is 2.54. The van der Waals surface area contributed by atoms with Crippen molar-refractivity contribution in [3.05, 3.63) is 96.1 Å². The summed E-state index contributed by atoms with van der Waals surface area (Å²) in [6.45, 7) is 1.61. The minimum absolute atomic E-state index is 0.125. The molecule has 36 heavy (non-hydrogen) atoms. The average molecular weight is 606 g/mol. The predicted octanol–water partition coefficient (Wildman–Crippen LogP) is 7.38. The lowest BCUT2D eigenvalue weighted by Crippen LogP contribution is -2.55. The number of carbonyl (C=O) groups excluding carboxylic acids is 1. The first-order chi connectivity index (χ1) is 17.5. The number of halogens is 2. The highest BCUT2D eigenvalue weighted by atomic mass is 79.9. The molecule has 0 aliphatic carbocycles. The zero-order chi connectivity index (χ0) is 24.8. The molecule has 2 saturated heterocycles. The van der Waals surface area contributed by atoms with Crippen LogP contribution in [0.2, 0.25) is 0 Å². The predicted molar refractivity (Wildman–Crippen MR) is 156 cm³/mol. The van der Waals surface area contributed by atoms with Gasteiger partial charge in [-0.05, 0) is 71.4 Å². The number of hydrogen-bond acceptors (Lipinski definition) is 3.